The number of fused-ring (bicyclic) bond motifs is 1. The van der Waals surface area contributed by atoms with Crippen LogP contribution in [-0.2, 0) is 4.79 Å². The molecule has 0 saturated heterocycles. The van der Waals surface area contributed by atoms with Crippen molar-refractivity contribution in [2.45, 2.75) is 52.4 Å². The number of oxazole rings is 1. The molecular weight excluding hydrogens is 404 g/mol. The maximum Gasteiger partial charge on any atom is 0.418 e. The van der Waals surface area contributed by atoms with E-state index in [0.717, 1.165) is 31.3 Å². The van der Waals surface area contributed by atoms with Crippen molar-refractivity contribution in [3.8, 4) is 0 Å². The Hall–Kier alpha value is -3.03. The number of nitrogens with one attached hydrogen (secondary N) is 2. The molecule has 1 saturated carbocycles. The molecule has 1 aliphatic rings. The Labute approximate surface area is 179 Å². The molecule has 166 valence electrons. The van der Waals surface area contributed by atoms with Crippen LogP contribution in [0, 0.1) is 11.3 Å². The zero-order valence-electron chi connectivity index (χ0n) is 17.8. The number of hydrogen-bond acceptors (Lipinski definition) is 4. The molecule has 8 heteroatoms. The van der Waals surface area contributed by atoms with Crippen LogP contribution < -0.4 is 11.1 Å². The van der Waals surface area contributed by atoms with Gasteiger partial charge in [-0.25, -0.2) is 18.6 Å². The molecule has 2 aromatic heterocycles. The van der Waals surface area contributed by atoms with Crippen molar-refractivity contribution < 1.29 is 18.0 Å². The first-order valence-corrected chi connectivity index (χ1v) is 10.3. The number of carbonyl (C=O) groups is 1. The van der Waals surface area contributed by atoms with Crippen molar-refractivity contribution >= 4 is 22.8 Å². The van der Waals surface area contributed by atoms with E-state index in [9.17, 15) is 18.4 Å². The highest BCUT2D eigenvalue weighted by Gasteiger charge is 2.33. The molecule has 2 N–H and O–H groups in total. The summed E-state index contributed by atoms with van der Waals surface area (Å²) in [6, 6.07) is 1.56. The minimum atomic E-state index is -1.06. The quantitative estimate of drug-likeness (QED) is 0.549. The summed E-state index contributed by atoms with van der Waals surface area (Å²) in [7, 11) is 0. The second-order valence-electron chi connectivity index (χ2n) is 8.53. The number of allylic oxidation sites excluding steroid dienone is 5. The topological polar surface area (TPSA) is 88.0 Å². The van der Waals surface area contributed by atoms with Gasteiger partial charge in [0.1, 0.15) is 0 Å². The van der Waals surface area contributed by atoms with Crippen molar-refractivity contribution in [1.82, 2.24) is 9.97 Å². The first-order chi connectivity index (χ1) is 14.7. The van der Waals surface area contributed by atoms with Gasteiger partial charge in [-0.2, -0.15) is 0 Å². The van der Waals surface area contributed by atoms with Gasteiger partial charge in [0.05, 0.1) is 11.9 Å². The summed E-state index contributed by atoms with van der Waals surface area (Å²) in [6.07, 6.45) is 9.07. The molecule has 0 unspecified atom stereocenters. The number of hydrogen-bond donors (Lipinski definition) is 2. The van der Waals surface area contributed by atoms with Gasteiger partial charge in [0.2, 0.25) is 5.91 Å². The van der Waals surface area contributed by atoms with Crippen LogP contribution in [0.5, 0.6) is 0 Å². The molecule has 3 rings (SSSR count). The van der Waals surface area contributed by atoms with Crippen molar-refractivity contribution in [2.24, 2.45) is 11.3 Å². The summed E-state index contributed by atoms with van der Waals surface area (Å²) >= 11 is 0. The molecule has 0 aliphatic heterocycles. The van der Waals surface area contributed by atoms with E-state index in [1.54, 1.807) is 12.1 Å². The smallest absolute Gasteiger partial charge is 0.406 e. The van der Waals surface area contributed by atoms with Gasteiger partial charge < -0.3 is 9.73 Å². The minimum absolute atomic E-state index is 0.124. The number of pyridine rings is 1. The van der Waals surface area contributed by atoms with E-state index >= 15 is 0 Å². The van der Waals surface area contributed by atoms with Crippen LogP contribution in [0.1, 0.15) is 52.4 Å². The number of H-pyrrole nitrogens is 1. The maximum atomic E-state index is 13.5. The van der Waals surface area contributed by atoms with Gasteiger partial charge in [0.15, 0.2) is 22.9 Å². The summed E-state index contributed by atoms with van der Waals surface area (Å²) in [6.45, 7) is 6.89. The Morgan fingerprint density at radius 3 is 2.77 bits per heavy atom. The minimum Gasteiger partial charge on any atom is -0.406 e. The van der Waals surface area contributed by atoms with Crippen LogP contribution in [-0.4, -0.2) is 15.9 Å². The zero-order chi connectivity index (χ0) is 22.6. The number of rotatable bonds is 7. The van der Waals surface area contributed by atoms with E-state index in [2.05, 4.69) is 28.8 Å². The van der Waals surface area contributed by atoms with Crippen LogP contribution in [0.2, 0.25) is 0 Å². The molecule has 1 fully saturated rings. The zero-order valence-corrected chi connectivity index (χ0v) is 17.8. The average molecular weight is 431 g/mol. The number of anilines is 1. The number of aromatic amines is 1. The van der Waals surface area contributed by atoms with E-state index in [0.29, 0.717) is 30.1 Å². The van der Waals surface area contributed by atoms with Crippen LogP contribution in [0.4, 0.5) is 14.5 Å². The lowest BCUT2D eigenvalue weighted by Crippen LogP contribution is -2.29. The van der Waals surface area contributed by atoms with Gasteiger partial charge >= 0.3 is 5.76 Å². The predicted octanol–water partition coefficient (Wildman–Crippen LogP) is 5.71. The summed E-state index contributed by atoms with van der Waals surface area (Å²) in [5.41, 5.74) is 1.71. The number of carbonyl (C=O) groups excluding carboxylic acids is 1. The van der Waals surface area contributed by atoms with E-state index in [1.807, 2.05) is 6.92 Å². The van der Waals surface area contributed by atoms with Crippen molar-refractivity contribution in [3.05, 3.63) is 58.8 Å². The second kappa shape index (κ2) is 9.41. The molecule has 0 radical (unpaired) electrons. The van der Waals surface area contributed by atoms with E-state index < -0.39 is 17.4 Å². The maximum absolute atomic E-state index is 13.5. The van der Waals surface area contributed by atoms with Gasteiger partial charge in [0.25, 0.3) is 0 Å². The molecule has 0 atom stereocenters. The Bertz CT molecular complexity index is 1090. The van der Waals surface area contributed by atoms with Gasteiger partial charge in [-0.3, -0.25) is 9.78 Å². The monoisotopic (exact) mass is 431 g/mol. The number of halogens is 2. The highest BCUT2D eigenvalue weighted by Crippen LogP contribution is 2.43. The summed E-state index contributed by atoms with van der Waals surface area (Å²) < 4.78 is 31.4. The summed E-state index contributed by atoms with van der Waals surface area (Å²) in [4.78, 5) is 30.3. The molecular formula is C23H27F2N3O3. The molecule has 0 bridgehead atoms. The molecule has 31 heavy (non-hydrogen) atoms. The summed E-state index contributed by atoms with van der Waals surface area (Å²) in [5, 5.41) is 2.82. The third kappa shape index (κ3) is 5.99. The first-order valence-electron chi connectivity index (χ1n) is 10.3. The fourth-order valence-corrected chi connectivity index (χ4v) is 4.09. The third-order valence-corrected chi connectivity index (χ3v) is 5.93. The first kappa shape index (κ1) is 22.7. The highest BCUT2D eigenvalue weighted by molar-refractivity contribution is 5.92. The van der Waals surface area contributed by atoms with Gasteiger partial charge in [-0.05, 0) is 62.0 Å². The molecule has 0 spiro atoms. The molecule has 6 nitrogen and oxygen atoms in total. The second-order valence-corrected chi connectivity index (χ2v) is 8.53. The summed E-state index contributed by atoms with van der Waals surface area (Å²) in [5.74, 6) is -2.35. The Balaban J connectivity index is 1.53. The van der Waals surface area contributed by atoms with Crippen molar-refractivity contribution in [2.75, 3.05) is 5.32 Å². The molecule has 2 aromatic rings. The Kier molecular flexibility index (Phi) is 6.87. The SMILES string of the molecule is C=C(F)/C(F)=C\C(=C/C)CC1CCC(C)(CC(=O)Nc2cnc3[nH]c(=O)oc3c2)CC1. The van der Waals surface area contributed by atoms with Crippen molar-refractivity contribution in [1.29, 1.82) is 0 Å². The number of amides is 1. The van der Waals surface area contributed by atoms with Crippen LogP contribution in [0.3, 0.4) is 0 Å². The predicted molar refractivity (Wildman–Crippen MR) is 116 cm³/mol. The normalized spacial score (nSPS) is 22.5. The number of aromatic nitrogens is 2. The standard InChI is InChI=1S/C23H27F2N3O3/c1-4-15(10-18(25)14(2)24)9-16-5-7-23(3,8-6-16)12-20(29)27-17-11-19-21(26-13-17)28-22(30)31-19/h4,10-11,13,16H,2,5-9,12H2,1,3H3,(H,27,29)(H,26,28,30)/b15-4-,18-10+. The van der Waals surface area contributed by atoms with Crippen LogP contribution in [0.15, 0.2) is 57.4 Å². The van der Waals surface area contributed by atoms with E-state index in [1.165, 1.54) is 12.3 Å². The largest absolute Gasteiger partial charge is 0.418 e. The highest BCUT2D eigenvalue weighted by atomic mass is 19.2. The third-order valence-electron chi connectivity index (χ3n) is 5.93. The van der Waals surface area contributed by atoms with Gasteiger partial charge in [-0.15, -0.1) is 0 Å². The van der Waals surface area contributed by atoms with E-state index in [4.69, 9.17) is 4.42 Å². The fraction of sp³-hybridized carbons (Fsp3) is 0.435. The number of nitrogens with zero attached hydrogens (tertiary/aromatic N) is 1. The van der Waals surface area contributed by atoms with Gasteiger partial charge in [-0.1, -0.05) is 19.6 Å². The van der Waals surface area contributed by atoms with Crippen LogP contribution in [0.25, 0.3) is 11.2 Å². The molecule has 2 heterocycles. The Morgan fingerprint density at radius 2 is 2.13 bits per heavy atom. The van der Waals surface area contributed by atoms with Crippen LogP contribution >= 0.6 is 0 Å². The van der Waals surface area contributed by atoms with E-state index in [-0.39, 0.29) is 16.9 Å². The molecule has 1 aliphatic carbocycles. The lowest BCUT2D eigenvalue weighted by atomic mass is 9.68. The molecule has 1 amide bonds. The average Bonchev–Trinajstić information content (AvgIpc) is 3.08. The molecule has 0 aromatic carbocycles. The fourth-order valence-electron chi connectivity index (χ4n) is 4.09. The van der Waals surface area contributed by atoms with Gasteiger partial charge in [0, 0.05) is 12.5 Å². The Morgan fingerprint density at radius 1 is 1.42 bits per heavy atom. The van der Waals surface area contributed by atoms with Crippen molar-refractivity contribution in [3.63, 3.8) is 0 Å². The lowest BCUT2D eigenvalue weighted by Gasteiger charge is -2.37. The lowest BCUT2D eigenvalue weighted by molar-refractivity contribution is -0.118.